The van der Waals surface area contributed by atoms with E-state index in [9.17, 15) is 14.4 Å². The summed E-state index contributed by atoms with van der Waals surface area (Å²) in [5, 5.41) is 7.17. The largest absolute Gasteiger partial charge is 0.444 e. The first-order chi connectivity index (χ1) is 20.7. The molecule has 240 valence electrons. The molecule has 6 rings (SSSR count). The van der Waals surface area contributed by atoms with E-state index in [2.05, 4.69) is 15.5 Å². The van der Waals surface area contributed by atoms with E-state index in [1.165, 1.54) is 0 Å². The molecule has 1 N–H and O–H groups in total. The number of likely N-dealkylation sites (tertiary alicyclic amines) is 3. The van der Waals surface area contributed by atoms with Crippen molar-refractivity contribution in [2.75, 3.05) is 39.3 Å². The topological polar surface area (TPSA) is 130 Å². The third-order valence-electron chi connectivity index (χ3n) is 8.43. The average Bonchev–Trinajstić information content (AvgIpc) is 3.34. The van der Waals surface area contributed by atoms with Gasteiger partial charge in [0.15, 0.2) is 5.82 Å². The summed E-state index contributed by atoms with van der Waals surface area (Å²) in [6.45, 7) is 17.6. The van der Waals surface area contributed by atoms with Crippen LogP contribution in [-0.4, -0.2) is 105 Å². The quantitative estimate of drug-likeness (QED) is 0.528. The Hall–Kier alpha value is -3.67. The lowest BCUT2D eigenvalue weighted by atomic mass is 9.81. The lowest BCUT2D eigenvalue weighted by Crippen LogP contribution is -2.66. The molecule has 1 aromatic heterocycles. The van der Waals surface area contributed by atoms with Gasteiger partial charge in [0.25, 0.3) is 11.8 Å². The van der Waals surface area contributed by atoms with Crippen LogP contribution in [0.5, 0.6) is 0 Å². The number of benzene rings is 1. The van der Waals surface area contributed by atoms with Gasteiger partial charge in [-0.25, -0.2) is 9.59 Å². The zero-order valence-electron chi connectivity index (χ0n) is 27.0. The van der Waals surface area contributed by atoms with E-state index in [1.54, 1.807) is 17.9 Å². The summed E-state index contributed by atoms with van der Waals surface area (Å²) in [4.78, 5) is 47.1. The van der Waals surface area contributed by atoms with Crippen LogP contribution in [-0.2, 0) is 9.47 Å². The van der Waals surface area contributed by atoms with E-state index < -0.39 is 5.60 Å². The minimum absolute atomic E-state index is 0.00115. The van der Waals surface area contributed by atoms with Gasteiger partial charge in [-0.1, -0.05) is 17.3 Å². The van der Waals surface area contributed by atoms with Crippen LogP contribution in [0.2, 0.25) is 0 Å². The van der Waals surface area contributed by atoms with Crippen molar-refractivity contribution in [3.8, 4) is 11.5 Å². The molecule has 0 spiro atoms. The summed E-state index contributed by atoms with van der Waals surface area (Å²) in [5.74, 6) is 1.97. The summed E-state index contributed by atoms with van der Waals surface area (Å²) < 4.78 is 16.1. The van der Waals surface area contributed by atoms with Gasteiger partial charge >= 0.3 is 12.2 Å². The van der Waals surface area contributed by atoms with Crippen LogP contribution < -0.4 is 5.32 Å². The van der Waals surface area contributed by atoms with Crippen molar-refractivity contribution in [3.63, 3.8) is 0 Å². The minimum Gasteiger partial charge on any atom is -0.444 e. The number of hydrogen-bond donors (Lipinski definition) is 1. The van der Waals surface area contributed by atoms with E-state index in [-0.39, 0.29) is 29.7 Å². The lowest BCUT2D eigenvalue weighted by Gasteiger charge is -2.53. The maximum Gasteiger partial charge on any atom is 0.410 e. The Morgan fingerprint density at radius 3 is 2.05 bits per heavy atom. The van der Waals surface area contributed by atoms with E-state index in [0.29, 0.717) is 54.4 Å². The van der Waals surface area contributed by atoms with Gasteiger partial charge in [-0.3, -0.25) is 4.79 Å². The molecule has 0 aliphatic carbocycles. The maximum atomic E-state index is 13.3. The third kappa shape index (κ3) is 7.34. The summed E-state index contributed by atoms with van der Waals surface area (Å²) in [6.07, 6.45) is 1.49. The number of amides is 3. The Morgan fingerprint density at radius 2 is 1.50 bits per heavy atom. The van der Waals surface area contributed by atoms with Crippen LogP contribution in [0, 0.1) is 18.8 Å². The van der Waals surface area contributed by atoms with Gasteiger partial charge in [0.2, 0.25) is 0 Å². The van der Waals surface area contributed by atoms with Crippen molar-refractivity contribution < 1.29 is 28.4 Å². The molecular formula is C32H46N6O6. The first-order valence-corrected chi connectivity index (χ1v) is 15.6. The second-order valence-corrected chi connectivity index (χ2v) is 14.2. The van der Waals surface area contributed by atoms with E-state index in [1.807, 2.05) is 69.5 Å². The predicted molar refractivity (Wildman–Crippen MR) is 163 cm³/mol. The number of ether oxygens (including phenoxy) is 2. The Labute approximate surface area is 259 Å². The predicted octanol–water partition coefficient (Wildman–Crippen LogP) is 4.34. The summed E-state index contributed by atoms with van der Waals surface area (Å²) in [7, 11) is 0. The summed E-state index contributed by atoms with van der Waals surface area (Å²) in [5.41, 5.74) is 0.232. The fourth-order valence-electron chi connectivity index (χ4n) is 6.05. The zero-order chi connectivity index (χ0) is 31.8. The molecule has 2 unspecified atom stereocenters. The van der Waals surface area contributed by atoms with Crippen LogP contribution >= 0.6 is 0 Å². The van der Waals surface area contributed by atoms with E-state index >= 15 is 0 Å². The standard InChI is InChI=1S/C21H26N4O4.C11H20N2O2/c1-13-22-18(29-23-13)15-7-5-6-8-16(15)19(26)25-11-14-9-10-24(12-17(14)25)20(27)28-21(2,3)4;1-11(2,3)15-10(14)13-5-4-8-6-12-9(8)7-13/h5-8,14,17H,9-12H2,1-4H3;8-9,12H,4-7H2,1-3H3/t14-,17-;/m1./s1. The highest BCUT2D eigenvalue weighted by atomic mass is 16.6. The number of fused-ring (bicyclic) bond motifs is 2. The van der Waals surface area contributed by atoms with Crippen LogP contribution in [0.4, 0.5) is 9.59 Å². The fourth-order valence-corrected chi connectivity index (χ4v) is 6.05. The lowest BCUT2D eigenvalue weighted by molar-refractivity contribution is -0.0385. The van der Waals surface area contributed by atoms with Crippen molar-refractivity contribution in [2.45, 2.75) is 84.6 Å². The highest BCUT2D eigenvalue weighted by molar-refractivity contribution is 6.00. The molecule has 0 saturated carbocycles. The Kier molecular flexibility index (Phi) is 8.93. The number of nitrogens with one attached hydrogen (secondary N) is 1. The van der Waals surface area contributed by atoms with Gasteiger partial charge in [-0.05, 0) is 85.9 Å². The van der Waals surface area contributed by atoms with Gasteiger partial charge in [-0.15, -0.1) is 0 Å². The number of nitrogens with zero attached hydrogens (tertiary/aromatic N) is 5. The van der Waals surface area contributed by atoms with Crippen molar-refractivity contribution in [2.24, 2.45) is 11.8 Å². The third-order valence-corrected chi connectivity index (χ3v) is 8.43. The van der Waals surface area contributed by atoms with Crippen molar-refractivity contribution in [3.05, 3.63) is 35.7 Å². The molecule has 2 aromatic rings. The monoisotopic (exact) mass is 610 g/mol. The Morgan fingerprint density at radius 1 is 0.886 bits per heavy atom. The number of carbonyl (C=O) groups excluding carboxylic acids is 3. The Bertz CT molecular complexity index is 1360. The number of carbonyl (C=O) groups is 3. The van der Waals surface area contributed by atoms with Gasteiger partial charge in [0, 0.05) is 44.7 Å². The SMILES string of the molecule is CC(C)(C)OC(=O)N1CCC2CNC2C1.Cc1noc(-c2ccccc2C(=O)N2C[C@H]3CCN(C(=O)OC(C)(C)C)C[C@H]32)n1. The van der Waals surface area contributed by atoms with E-state index in [0.717, 1.165) is 38.4 Å². The second kappa shape index (κ2) is 12.4. The first kappa shape index (κ1) is 31.7. The van der Waals surface area contributed by atoms with Crippen LogP contribution in [0.15, 0.2) is 28.8 Å². The molecule has 12 heteroatoms. The molecule has 4 aliphatic heterocycles. The molecule has 12 nitrogen and oxygen atoms in total. The normalized spacial score (nSPS) is 24.5. The summed E-state index contributed by atoms with van der Waals surface area (Å²) >= 11 is 0. The maximum absolute atomic E-state index is 13.3. The molecule has 4 aliphatic rings. The minimum atomic E-state index is -0.538. The molecule has 0 bridgehead atoms. The van der Waals surface area contributed by atoms with Gasteiger partial charge in [-0.2, -0.15) is 4.98 Å². The highest BCUT2D eigenvalue weighted by Gasteiger charge is 2.47. The van der Waals surface area contributed by atoms with Gasteiger partial charge in [0.05, 0.1) is 17.2 Å². The fraction of sp³-hybridized carbons (Fsp3) is 0.656. The molecule has 4 atom stereocenters. The number of hydrogen-bond acceptors (Lipinski definition) is 9. The highest BCUT2D eigenvalue weighted by Crippen LogP contribution is 2.35. The summed E-state index contributed by atoms with van der Waals surface area (Å²) in [6, 6.07) is 7.76. The molecular weight excluding hydrogens is 564 g/mol. The molecule has 1 aromatic carbocycles. The molecule has 0 radical (unpaired) electrons. The van der Waals surface area contributed by atoms with E-state index in [4.69, 9.17) is 14.0 Å². The van der Waals surface area contributed by atoms with Crippen LogP contribution in [0.3, 0.4) is 0 Å². The average molecular weight is 611 g/mol. The van der Waals surface area contributed by atoms with Crippen molar-refractivity contribution >= 4 is 18.1 Å². The van der Waals surface area contributed by atoms with Gasteiger partial charge in [0.1, 0.15) is 11.2 Å². The van der Waals surface area contributed by atoms with Crippen molar-refractivity contribution in [1.29, 1.82) is 0 Å². The number of piperidine rings is 2. The smallest absolute Gasteiger partial charge is 0.410 e. The van der Waals surface area contributed by atoms with Crippen LogP contribution in [0.1, 0.15) is 70.6 Å². The molecule has 44 heavy (non-hydrogen) atoms. The molecule has 4 fully saturated rings. The van der Waals surface area contributed by atoms with Crippen LogP contribution in [0.25, 0.3) is 11.5 Å². The number of aryl methyl sites for hydroxylation is 1. The Balaban J connectivity index is 0.000000215. The molecule has 5 heterocycles. The number of rotatable bonds is 2. The molecule has 3 amide bonds. The van der Waals surface area contributed by atoms with Gasteiger partial charge < -0.3 is 34.0 Å². The first-order valence-electron chi connectivity index (χ1n) is 15.6. The van der Waals surface area contributed by atoms with Crippen molar-refractivity contribution in [1.82, 2.24) is 30.2 Å². The second-order valence-electron chi connectivity index (χ2n) is 14.2. The number of aromatic nitrogens is 2. The molecule has 4 saturated heterocycles. The zero-order valence-corrected chi connectivity index (χ0v) is 27.0.